The van der Waals surface area contributed by atoms with Gasteiger partial charge in [0, 0.05) is 6.54 Å². The summed E-state index contributed by atoms with van der Waals surface area (Å²) in [5, 5.41) is 14.3. The number of nitrogens with one attached hydrogen (secondary N) is 1. The highest BCUT2D eigenvalue weighted by Crippen LogP contribution is 2.11. The molecule has 0 aromatic heterocycles. The standard InChI is InChI=1S/C11H24N4O2/c1-8(2)9(10(12)14-17)11(16)13-6-5-7-15(3)4/h8-9,17H,5-7H2,1-4H3,(H2,12,14)(H,13,16). The fourth-order valence-electron chi connectivity index (χ4n) is 1.56. The minimum Gasteiger partial charge on any atom is -0.409 e. The van der Waals surface area contributed by atoms with E-state index >= 15 is 0 Å². The number of hydrogen-bond donors (Lipinski definition) is 3. The number of carbonyl (C=O) groups excluding carboxylic acids is 1. The second-order valence-electron chi connectivity index (χ2n) is 4.69. The van der Waals surface area contributed by atoms with E-state index in [4.69, 9.17) is 10.9 Å². The van der Waals surface area contributed by atoms with Crippen molar-refractivity contribution in [2.45, 2.75) is 20.3 Å². The van der Waals surface area contributed by atoms with Gasteiger partial charge in [-0.2, -0.15) is 0 Å². The molecule has 0 aliphatic rings. The Hall–Kier alpha value is -1.30. The average molecular weight is 244 g/mol. The van der Waals surface area contributed by atoms with Crippen LogP contribution in [-0.2, 0) is 4.79 Å². The highest BCUT2D eigenvalue weighted by atomic mass is 16.4. The molecule has 100 valence electrons. The molecule has 1 atom stereocenters. The molecule has 6 heteroatoms. The van der Waals surface area contributed by atoms with E-state index in [9.17, 15) is 4.79 Å². The third-order valence-corrected chi connectivity index (χ3v) is 2.46. The van der Waals surface area contributed by atoms with Crippen LogP contribution in [-0.4, -0.2) is 49.0 Å². The molecule has 1 amide bonds. The zero-order valence-electron chi connectivity index (χ0n) is 11.1. The smallest absolute Gasteiger partial charge is 0.231 e. The summed E-state index contributed by atoms with van der Waals surface area (Å²) < 4.78 is 0. The van der Waals surface area contributed by atoms with Crippen LogP contribution >= 0.6 is 0 Å². The molecule has 17 heavy (non-hydrogen) atoms. The van der Waals surface area contributed by atoms with E-state index in [-0.39, 0.29) is 17.7 Å². The third kappa shape index (κ3) is 6.11. The summed E-state index contributed by atoms with van der Waals surface area (Å²) in [6.07, 6.45) is 0.875. The Labute approximate surface area is 103 Å². The molecule has 0 aliphatic carbocycles. The van der Waals surface area contributed by atoms with Gasteiger partial charge in [0.1, 0.15) is 5.92 Å². The first-order valence-electron chi connectivity index (χ1n) is 5.80. The summed E-state index contributed by atoms with van der Waals surface area (Å²) >= 11 is 0. The minimum absolute atomic E-state index is 0.000233. The van der Waals surface area contributed by atoms with Crippen LogP contribution in [0.5, 0.6) is 0 Å². The summed E-state index contributed by atoms with van der Waals surface area (Å²) in [6, 6.07) is 0. The van der Waals surface area contributed by atoms with Gasteiger partial charge in [0.15, 0.2) is 5.84 Å². The van der Waals surface area contributed by atoms with E-state index in [0.29, 0.717) is 6.54 Å². The van der Waals surface area contributed by atoms with Crippen molar-refractivity contribution in [3.63, 3.8) is 0 Å². The van der Waals surface area contributed by atoms with Crippen molar-refractivity contribution < 1.29 is 10.0 Å². The maximum absolute atomic E-state index is 11.8. The molecular weight excluding hydrogens is 220 g/mol. The van der Waals surface area contributed by atoms with Crippen LogP contribution in [0.1, 0.15) is 20.3 Å². The lowest BCUT2D eigenvalue weighted by Crippen LogP contribution is -2.42. The summed E-state index contributed by atoms with van der Waals surface area (Å²) in [5.74, 6) is -0.793. The molecule has 0 saturated carbocycles. The van der Waals surface area contributed by atoms with Crippen molar-refractivity contribution >= 4 is 11.7 Å². The lowest BCUT2D eigenvalue weighted by molar-refractivity contribution is -0.124. The van der Waals surface area contributed by atoms with Gasteiger partial charge < -0.3 is 21.2 Å². The average Bonchev–Trinajstić information content (AvgIpc) is 2.23. The van der Waals surface area contributed by atoms with Crippen molar-refractivity contribution in [1.29, 1.82) is 0 Å². The van der Waals surface area contributed by atoms with E-state index in [1.807, 2.05) is 27.9 Å². The molecular formula is C11H24N4O2. The van der Waals surface area contributed by atoms with Gasteiger partial charge in [-0.25, -0.2) is 0 Å². The fourth-order valence-corrected chi connectivity index (χ4v) is 1.56. The lowest BCUT2D eigenvalue weighted by atomic mass is 9.94. The quantitative estimate of drug-likeness (QED) is 0.194. The van der Waals surface area contributed by atoms with Gasteiger partial charge in [-0.05, 0) is 33.0 Å². The fraction of sp³-hybridized carbons (Fsp3) is 0.818. The number of amidine groups is 1. The van der Waals surface area contributed by atoms with Crippen LogP contribution in [0.15, 0.2) is 5.16 Å². The van der Waals surface area contributed by atoms with Gasteiger partial charge in [0.2, 0.25) is 5.91 Å². The third-order valence-electron chi connectivity index (χ3n) is 2.46. The highest BCUT2D eigenvalue weighted by molar-refractivity contribution is 6.02. The largest absolute Gasteiger partial charge is 0.409 e. The second kappa shape index (κ2) is 7.89. The summed E-state index contributed by atoms with van der Waals surface area (Å²) in [6.45, 7) is 5.24. The summed E-state index contributed by atoms with van der Waals surface area (Å²) in [7, 11) is 3.96. The molecule has 0 rings (SSSR count). The van der Waals surface area contributed by atoms with E-state index in [1.54, 1.807) is 0 Å². The molecule has 0 fully saturated rings. The van der Waals surface area contributed by atoms with Crippen LogP contribution in [0.2, 0.25) is 0 Å². The van der Waals surface area contributed by atoms with Crippen molar-refractivity contribution in [1.82, 2.24) is 10.2 Å². The van der Waals surface area contributed by atoms with E-state index in [1.165, 1.54) is 0 Å². The molecule has 0 aliphatic heterocycles. The van der Waals surface area contributed by atoms with Crippen LogP contribution in [0.3, 0.4) is 0 Å². The minimum atomic E-state index is -0.570. The number of amides is 1. The van der Waals surface area contributed by atoms with Gasteiger partial charge in [0.05, 0.1) is 0 Å². The first-order valence-corrected chi connectivity index (χ1v) is 5.80. The van der Waals surface area contributed by atoms with E-state index in [2.05, 4.69) is 15.4 Å². The Balaban J connectivity index is 4.17. The number of nitrogens with zero attached hydrogens (tertiary/aromatic N) is 2. The first kappa shape index (κ1) is 15.7. The van der Waals surface area contributed by atoms with Gasteiger partial charge >= 0.3 is 0 Å². The molecule has 0 radical (unpaired) electrons. The van der Waals surface area contributed by atoms with Crippen LogP contribution in [0.4, 0.5) is 0 Å². The first-order chi connectivity index (χ1) is 7.90. The number of rotatable bonds is 7. The topological polar surface area (TPSA) is 91.0 Å². The van der Waals surface area contributed by atoms with Crippen molar-refractivity contribution in [2.75, 3.05) is 27.2 Å². The van der Waals surface area contributed by atoms with Gasteiger partial charge in [-0.3, -0.25) is 4.79 Å². The zero-order valence-corrected chi connectivity index (χ0v) is 11.1. The van der Waals surface area contributed by atoms with Crippen molar-refractivity contribution in [2.24, 2.45) is 22.7 Å². The molecule has 0 aromatic carbocycles. The molecule has 0 heterocycles. The number of hydrogen-bond acceptors (Lipinski definition) is 4. The number of carbonyl (C=O) groups is 1. The van der Waals surface area contributed by atoms with E-state index < -0.39 is 5.92 Å². The number of nitrogens with two attached hydrogens (primary N) is 1. The predicted molar refractivity (Wildman–Crippen MR) is 67.9 cm³/mol. The maximum atomic E-state index is 11.8. The van der Waals surface area contributed by atoms with Gasteiger partial charge in [-0.15, -0.1) is 0 Å². The molecule has 0 spiro atoms. The Morgan fingerprint density at radius 2 is 2.06 bits per heavy atom. The van der Waals surface area contributed by atoms with E-state index in [0.717, 1.165) is 13.0 Å². The van der Waals surface area contributed by atoms with Gasteiger partial charge in [-0.1, -0.05) is 19.0 Å². The summed E-state index contributed by atoms with van der Waals surface area (Å²) in [5.41, 5.74) is 5.50. The molecule has 4 N–H and O–H groups in total. The lowest BCUT2D eigenvalue weighted by Gasteiger charge is -2.19. The molecule has 0 saturated heterocycles. The monoisotopic (exact) mass is 244 g/mol. The normalized spacial score (nSPS) is 14.1. The second-order valence-corrected chi connectivity index (χ2v) is 4.69. The Bertz CT molecular complexity index is 264. The van der Waals surface area contributed by atoms with Crippen LogP contribution in [0.25, 0.3) is 0 Å². The SMILES string of the molecule is CC(C)C(C(=O)NCCCN(C)C)C(N)=NO. The maximum Gasteiger partial charge on any atom is 0.231 e. The van der Waals surface area contributed by atoms with Crippen molar-refractivity contribution in [3.8, 4) is 0 Å². The number of oxime groups is 1. The van der Waals surface area contributed by atoms with Gasteiger partial charge in [0.25, 0.3) is 0 Å². The van der Waals surface area contributed by atoms with Crippen LogP contribution in [0, 0.1) is 11.8 Å². The van der Waals surface area contributed by atoms with Crippen molar-refractivity contribution in [3.05, 3.63) is 0 Å². The Kier molecular flexibility index (Phi) is 7.29. The highest BCUT2D eigenvalue weighted by Gasteiger charge is 2.26. The molecule has 0 bridgehead atoms. The predicted octanol–water partition coefficient (Wildman–Crippen LogP) is 0.0729. The summed E-state index contributed by atoms with van der Waals surface area (Å²) in [4.78, 5) is 13.9. The zero-order chi connectivity index (χ0) is 13.4. The molecule has 6 nitrogen and oxygen atoms in total. The Morgan fingerprint density at radius 1 is 1.47 bits per heavy atom. The van der Waals surface area contributed by atoms with Crippen LogP contribution < -0.4 is 11.1 Å². The Morgan fingerprint density at radius 3 is 2.47 bits per heavy atom. The molecule has 1 unspecified atom stereocenters. The molecule has 0 aromatic rings.